The van der Waals surface area contributed by atoms with Crippen molar-refractivity contribution in [3.8, 4) is 11.6 Å². The minimum Gasteiger partial charge on any atom is -0.479 e. The van der Waals surface area contributed by atoms with Gasteiger partial charge in [-0.25, -0.2) is 9.37 Å². The highest BCUT2D eigenvalue weighted by Gasteiger charge is 2.37. The largest absolute Gasteiger partial charge is 0.479 e. The van der Waals surface area contributed by atoms with E-state index in [2.05, 4.69) is 10.3 Å². The highest BCUT2D eigenvalue weighted by atomic mass is 19.1. The predicted octanol–water partition coefficient (Wildman–Crippen LogP) is 2.30. The number of rotatable bonds is 12. The summed E-state index contributed by atoms with van der Waals surface area (Å²) in [5.74, 6) is 0.00807. The number of pyridine rings is 1. The first-order valence-electron chi connectivity index (χ1n) is 12.9. The molecule has 2 aromatic rings. The molecule has 11 heteroatoms. The van der Waals surface area contributed by atoms with E-state index in [1.165, 1.54) is 48.1 Å². The number of fused-ring (bicyclic) bond motifs is 1. The fraction of sp³-hybridized carbons (Fsp3) is 0.481. The average Bonchev–Trinajstić information content (AvgIpc) is 3.59. The number of methoxy groups -OCH3 is 1. The molecule has 0 spiro atoms. The second-order valence-corrected chi connectivity index (χ2v) is 9.76. The van der Waals surface area contributed by atoms with Crippen molar-refractivity contribution < 1.29 is 33.0 Å². The van der Waals surface area contributed by atoms with Crippen molar-refractivity contribution in [2.75, 3.05) is 44.9 Å². The summed E-state index contributed by atoms with van der Waals surface area (Å²) >= 11 is 0. The highest BCUT2D eigenvalue weighted by Crippen LogP contribution is 2.33. The number of amides is 3. The summed E-state index contributed by atoms with van der Waals surface area (Å²) in [6, 6.07) is 6.19. The van der Waals surface area contributed by atoms with Crippen LogP contribution in [-0.4, -0.2) is 73.7 Å². The third-order valence-electron chi connectivity index (χ3n) is 6.94. The highest BCUT2D eigenvalue weighted by molar-refractivity contribution is 6.04. The molecule has 5 rings (SSSR count). The van der Waals surface area contributed by atoms with Crippen molar-refractivity contribution in [1.82, 2.24) is 15.2 Å². The molecule has 3 heterocycles. The summed E-state index contributed by atoms with van der Waals surface area (Å²) in [6.07, 6.45) is 4.75. The molecule has 1 saturated carbocycles. The van der Waals surface area contributed by atoms with Gasteiger partial charge in [-0.2, -0.15) is 0 Å². The Morgan fingerprint density at radius 2 is 2.03 bits per heavy atom. The maximum atomic E-state index is 15.0. The summed E-state index contributed by atoms with van der Waals surface area (Å²) in [5, 5.41) is 2.65. The molecule has 2 aliphatic heterocycles. The molecule has 1 saturated heterocycles. The van der Waals surface area contributed by atoms with E-state index >= 15 is 0 Å². The van der Waals surface area contributed by atoms with E-state index in [0.717, 1.165) is 12.3 Å². The Hall–Kier alpha value is -3.73. The molecule has 1 aromatic heterocycles. The molecule has 0 radical (unpaired) electrons. The lowest BCUT2D eigenvalue weighted by Gasteiger charge is -2.18. The quantitative estimate of drug-likeness (QED) is 0.423. The molecule has 202 valence electrons. The van der Waals surface area contributed by atoms with E-state index in [1.807, 2.05) is 0 Å². The number of nitrogens with zero attached hydrogens (tertiary/aromatic N) is 3. The van der Waals surface area contributed by atoms with Crippen LogP contribution >= 0.6 is 0 Å². The second-order valence-electron chi connectivity index (χ2n) is 9.76. The fourth-order valence-corrected chi connectivity index (χ4v) is 4.65. The van der Waals surface area contributed by atoms with Crippen molar-refractivity contribution in [3.05, 3.63) is 47.4 Å². The first-order chi connectivity index (χ1) is 18.4. The van der Waals surface area contributed by atoms with Crippen molar-refractivity contribution in [1.29, 1.82) is 0 Å². The van der Waals surface area contributed by atoms with Crippen LogP contribution in [0.1, 0.15) is 41.6 Å². The topological polar surface area (TPSA) is 110 Å². The van der Waals surface area contributed by atoms with Crippen molar-refractivity contribution in [2.24, 2.45) is 5.92 Å². The summed E-state index contributed by atoms with van der Waals surface area (Å²) < 4.78 is 31.4. The Labute approximate surface area is 220 Å². The summed E-state index contributed by atoms with van der Waals surface area (Å²) in [6.45, 7) is 1.42. The van der Waals surface area contributed by atoms with Gasteiger partial charge < -0.3 is 29.3 Å². The Balaban J connectivity index is 1.19. The Kier molecular flexibility index (Phi) is 7.73. The van der Waals surface area contributed by atoms with Gasteiger partial charge in [0.2, 0.25) is 11.8 Å². The lowest BCUT2D eigenvalue weighted by atomic mass is 10.1. The minimum atomic E-state index is -0.752. The fourth-order valence-electron chi connectivity index (χ4n) is 4.65. The van der Waals surface area contributed by atoms with Crippen LogP contribution in [-0.2, 0) is 20.9 Å². The van der Waals surface area contributed by atoms with Crippen molar-refractivity contribution >= 4 is 23.4 Å². The van der Waals surface area contributed by atoms with Gasteiger partial charge in [0.15, 0.2) is 6.10 Å². The number of carbonyl (C=O) groups excluding carboxylic acids is 3. The van der Waals surface area contributed by atoms with E-state index in [1.54, 1.807) is 12.1 Å². The lowest BCUT2D eigenvalue weighted by Crippen LogP contribution is -2.38. The number of carbonyl (C=O) groups is 3. The van der Waals surface area contributed by atoms with E-state index in [4.69, 9.17) is 14.2 Å². The van der Waals surface area contributed by atoms with E-state index in [-0.39, 0.29) is 41.7 Å². The maximum Gasteiger partial charge on any atom is 0.268 e. The Morgan fingerprint density at radius 3 is 2.76 bits per heavy atom. The van der Waals surface area contributed by atoms with Crippen LogP contribution in [0.2, 0.25) is 0 Å². The van der Waals surface area contributed by atoms with Gasteiger partial charge in [0.25, 0.3) is 11.8 Å². The number of hydrogen-bond donors (Lipinski definition) is 1. The molecule has 1 atom stereocenters. The zero-order valence-corrected chi connectivity index (χ0v) is 21.3. The summed E-state index contributed by atoms with van der Waals surface area (Å²) in [4.78, 5) is 45.1. The zero-order chi connectivity index (χ0) is 26.6. The third-order valence-corrected chi connectivity index (χ3v) is 6.94. The van der Waals surface area contributed by atoms with Gasteiger partial charge in [0.05, 0.1) is 26.0 Å². The van der Waals surface area contributed by atoms with Gasteiger partial charge in [-0.05, 0) is 30.5 Å². The number of aromatic nitrogens is 1. The average molecular weight is 527 g/mol. The lowest BCUT2D eigenvalue weighted by molar-refractivity contribution is -0.123. The minimum absolute atomic E-state index is 0.00898. The van der Waals surface area contributed by atoms with Crippen molar-refractivity contribution in [2.45, 2.75) is 38.3 Å². The number of benzene rings is 1. The van der Waals surface area contributed by atoms with E-state index in [0.29, 0.717) is 44.4 Å². The third kappa shape index (κ3) is 5.88. The van der Waals surface area contributed by atoms with Crippen LogP contribution in [0.4, 0.5) is 10.1 Å². The Bertz CT molecular complexity index is 1200. The maximum absolute atomic E-state index is 15.0. The van der Waals surface area contributed by atoms with Crippen LogP contribution < -0.4 is 19.7 Å². The summed E-state index contributed by atoms with van der Waals surface area (Å²) in [5.41, 5.74) is 0.659. The second kappa shape index (κ2) is 11.3. The van der Waals surface area contributed by atoms with Crippen LogP contribution in [0.15, 0.2) is 30.5 Å². The van der Waals surface area contributed by atoms with Gasteiger partial charge >= 0.3 is 0 Å². The van der Waals surface area contributed by atoms with Crippen LogP contribution in [0.5, 0.6) is 11.6 Å². The molecule has 3 amide bonds. The van der Waals surface area contributed by atoms with Gasteiger partial charge in [-0.15, -0.1) is 0 Å². The first kappa shape index (κ1) is 25.9. The standard InChI is InChI=1S/C27H31FN4O6/c1-36-11-8-29-24(33)16-31-15-21-20(26(31)34)12-18(13-22(21)28)32-9-6-23(27(32)35)38-19-4-5-25(30-14-19)37-10-7-17-2-3-17/h4-5,12-14,17,23H,2-3,6-11,15-16H2,1H3,(H,29,33)/t23-/m1/s1. The molecule has 10 nitrogen and oxygen atoms in total. The smallest absolute Gasteiger partial charge is 0.268 e. The molecule has 0 unspecified atom stereocenters. The van der Waals surface area contributed by atoms with Crippen molar-refractivity contribution in [3.63, 3.8) is 0 Å². The predicted molar refractivity (Wildman–Crippen MR) is 134 cm³/mol. The number of anilines is 1. The Morgan fingerprint density at radius 1 is 1.18 bits per heavy atom. The number of nitrogens with one attached hydrogen (secondary N) is 1. The van der Waals surface area contributed by atoms with Crippen LogP contribution in [0.3, 0.4) is 0 Å². The molecule has 2 fully saturated rings. The number of ether oxygens (including phenoxy) is 3. The van der Waals surface area contributed by atoms with Gasteiger partial charge in [0, 0.05) is 49.5 Å². The zero-order valence-electron chi connectivity index (χ0n) is 21.3. The van der Waals surface area contributed by atoms with Gasteiger partial charge in [-0.3, -0.25) is 14.4 Å². The number of hydrogen-bond acceptors (Lipinski definition) is 7. The van der Waals surface area contributed by atoms with Gasteiger partial charge in [0.1, 0.15) is 18.1 Å². The SMILES string of the molecule is COCCNC(=O)CN1Cc2c(F)cc(N3CC[C@@H](Oc4ccc(OCCC5CC5)nc4)C3=O)cc2C1=O. The monoisotopic (exact) mass is 526 g/mol. The molecular formula is C27H31FN4O6. The molecule has 1 aromatic carbocycles. The van der Waals surface area contributed by atoms with Crippen LogP contribution in [0.25, 0.3) is 0 Å². The molecular weight excluding hydrogens is 495 g/mol. The van der Waals surface area contributed by atoms with Crippen LogP contribution in [0, 0.1) is 11.7 Å². The van der Waals surface area contributed by atoms with E-state index < -0.39 is 17.8 Å². The summed E-state index contributed by atoms with van der Waals surface area (Å²) in [7, 11) is 1.52. The van der Waals surface area contributed by atoms with E-state index in [9.17, 15) is 18.8 Å². The molecule has 3 aliphatic rings. The molecule has 1 N–H and O–H groups in total. The van der Waals surface area contributed by atoms with Gasteiger partial charge in [-0.1, -0.05) is 12.8 Å². The number of halogens is 1. The molecule has 0 bridgehead atoms. The molecule has 1 aliphatic carbocycles. The molecule has 38 heavy (non-hydrogen) atoms. The normalized spacial score (nSPS) is 18.6. The first-order valence-corrected chi connectivity index (χ1v) is 12.9.